The maximum Gasteiger partial charge on any atom is 0.418 e. The number of hydrogen-bond donors (Lipinski definition) is 1. The smallest absolute Gasteiger partial charge is 0.418 e. The van der Waals surface area contributed by atoms with Gasteiger partial charge in [-0.25, -0.2) is 18.5 Å². The Balaban J connectivity index is 1.37. The van der Waals surface area contributed by atoms with Crippen molar-refractivity contribution in [3.05, 3.63) is 77.4 Å². The lowest BCUT2D eigenvalue weighted by Gasteiger charge is -2.30. The number of ether oxygens (including phenoxy) is 4. The van der Waals surface area contributed by atoms with Crippen molar-refractivity contribution >= 4 is 35.2 Å². The fraction of sp³-hybridized carbons (Fsp3) is 0.312. The maximum absolute atomic E-state index is 14.2. The number of hydrogen-bond acceptors (Lipinski definition) is 8. The number of amides is 4. The first kappa shape index (κ1) is 30.0. The van der Waals surface area contributed by atoms with Gasteiger partial charge in [-0.15, -0.1) is 0 Å². The van der Waals surface area contributed by atoms with Crippen molar-refractivity contribution in [1.29, 1.82) is 0 Å². The minimum absolute atomic E-state index is 0.108. The molecule has 6 rings (SSSR count). The first-order chi connectivity index (χ1) is 21.7. The molecule has 2 fully saturated rings. The molecule has 1 unspecified atom stereocenters. The van der Waals surface area contributed by atoms with Gasteiger partial charge in [0.05, 0.1) is 37.3 Å². The van der Waals surface area contributed by atoms with Crippen LogP contribution in [-0.2, 0) is 25.6 Å². The molecule has 13 heteroatoms. The van der Waals surface area contributed by atoms with Gasteiger partial charge in [-0.1, -0.05) is 6.07 Å². The first-order valence-corrected chi connectivity index (χ1v) is 14.4. The van der Waals surface area contributed by atoms with Gasteiger partial charge in [-0.05, 0) is 54.4 Å². The average Bonchev–Trinajstić information content (AvgIpc) is 3.36. The molecule has 0 radical (unpaired) electrons. The van der Waals surface area contributed by atoms with Crippen LogP contribution in [-0.4, -0.2) is 61.2 Å². The summed E-state index contributed by atoms with van der Waals surface area (Å²) in [6.07, 6.45) is 0.311. The Morgan fingerprint density at radius 2 is 1.76 bits per heavy atom. The highest BCUT2D eigenvalue weighted by Crippen LogP contribution is 2.44. The molecule has 0 bridgehead atoms. The number of piperidine rings is 1. The minimum atomic E-state index is -0.876. The summed E-state index contributed by atoms with van der Waals surface area (Å²) >= 11 is 0. The molecule has 0 aromatic heterocycles. The zero-order chi connectivity index (χ0) is 31.7. The van der Waals surface area contributed by atoms with E-state index in [1.165, 1.54) is 47.2 Å². The molecular weight excluding hydrogens is 592 g/mol. The lowest BCUT2D eigenvalue weighted by atomic mass is 10.0. The van der Waals surface area contributed by atoms with Crippen LogP contribution in [0.4, 0.5) is 25.0 Å². The van der Waals surface area contributed by atoms with Gasteiger partial charge in [0.25, 0.3) is 5.91 Å². The molecule has 3 aliphatic rings. The van der Waals surface area contributed by atoms with E-state index in [1.54, 1.807) is 12.1 Å². The van der Waals surface area contributed by atoms with Crippen LogP contribution in [0.2, 0.25) is 0 Å². The lowest BCUT2D eigenvalue weighted by Crippen LogP contribution is -2.52. The molecule has 3 aliphatic heterocycles. The molecule has 3 aromatic carbocycles. The summed E-state index contributed by atoms with van der Waals surface area (Å²) in [5.41, 5.74) is 1.36. The highest BCUT2D eigenvalue weighted by atomic mass is 19.1. The molecule has 0 saturated carbocycles. The molecule has 11 nitrogen and oxygen atoms in total. The van der Waals surface area contributed by atoms with Crippen LogP contribution in [0.5, 0.6) is 17.2 Å². The van der Waals surface area contributed by atoms with Crippen molar-refractivity contribution in [2.75, 3.05) is 25.2 Å². The summed E-state index contributed by atoms with van der Waals surface area (Å²) in [4.78, 5) is 54.3. The van der Waals surface area contributed by atoms with Gasteiger partial charge >= 0.3 is 6.09 Å². The molecule has 3 aromatic rings. The van der Waals surface area contributed by atoms with E-state index in [0.29, 0.717) is 43.4 Å². The number of halogens is 2. The van der Waals surface area contributed by atoms with Gasteiger partial charge in [-0.2, -0.15) is 0 Å². The van der Waals surface area contributed by atoms with Crippen LogP contribution in [0.25, 0.3) is 0 Å². The molecule has 0 aliphatic carbocycles. The molecule has 3 heterocycles. The Labute approximate surface area is 256 Å². The van der Waals surface area contributed by atoms with E-state index in [-0.39, 0.29) is 59.9 Å². The van der Waals surface area contributed by atoms with Crippen molar-refractivity contribution in [1.82, 2.24) is 10.2 Å². The molecule has 1 atom stereocenters. The Morgan fingerprint density at radius 1 is 1.00 bits per heavy atom. The maximum atomic E-state index is 14.2. The van der Waals surface area contributed by atoms with E-state index in [4.69, 9.17) is 18.9 Å². The molecule has 1 N–H and O–H groups in total. The molecule has 45 heavy (non-hydrogen) atoms. The van der Waals surface area contributed by atoms with E-state index in [0.717, 1.165) is 6.07 Å². The zero-order valence-corrected chi connectivity index (χ0v) is 24.2. The standard InChI is InChI=1S/C32H29F2N3O8/c1-42-32(41)37(20-4-6-21(7-5-20)44-26-10-3-19(33)16-23(26)34)24-8-2-18-17-36(25-9-11-27(38)35-30(25)39)31(40)28(18)29(24)45-22-12-14-43-15-13-22/h2-8,10,16,22,25H,9,11-15,17H2,1H3,(H,35,38,39). The monoisotopic (exact) mass is 621 g/mol. The summed E-state index contributed by atoms with van der Waals surface area (Å²) in [6.45, 7) is 1.04. The summed E-state index contributed by atoms with van der Waals surface area (Å²) in [5.74, 6) is -2.82. The van der Waals surface area contributed by atoms with E-state index < -0.39 is 35.6 Å². The third-order valence-corrected chi connectivity index (χ3v) is 7.89. The summed E-state index contributed by atoms with van der Waals surface area (Å²) in [6, 6.07) is 11.5. The minimum Gasteiger partial charge on any atom is -0.487 e. The van der Waals surface area contributed by atoms with Crippen molar-refractivity contribution in [3.8, 4) is 17.2 Å². The number of rotatable bonds is 7. The molecule has 234 valence electrons. The van der Waals surface area contributed by atoms with Gasteiger partial charge in [0.15, 0.2) is 17.3 Å². The predicted octanol–water partition coefficient (Wildman–Crippen LogP) is 4.98. The van der Waals surface area contributed by atoms with E-state index >= 15 is 0 Å². The van der Waals surface area contributed by atoms with Crippen molar-refractivity contribution in [2.45, 2.75) is 44.4 Å². The Morgan fingerprint density at radius 3 is 2.44 bits per heavy atom. The third-order valence-electron chi connectivity index (χ3n) is 7.89. The number of nitrogens with one attached hydrogen (secondary N) is 1. The van der Waals surface area contributed by atoms with Gasteiger partial charge in [-0.3, -0.25) is 19.7 Å². The second-order valence-electron chi connectivity index (χ2n) is 10.8. The Bertz CT molecular complexity index is 1660. The summed E-state index contributed by atoms with van der Waals surface area (Å²) in [7, 11) is 1.21. The fourth-order valence-electron chi connectivity index (χ4n) is 5.65. The number of nitrogens with zero attached hydrogens (tertiary/aromatic N) is 2. The lowest BCUT2D eigenvalue weighted by molar-refractivity contribution is -0.136. The summed E-state index contributed by atoms with van der Waals surface area (Å²) < 4.78 is 50.1. The van der Waals surface area contributed by atoms with E-state index in [9.17, 15) is 28.0 Å². The van der Waals surface area contributed by atoms with Gasteiger partial charge in [0.1, 0.15) is 23.7 Å². The van der Waals surface area contributed by atoms with Crippen LogP contribution in [0.3, 0.4) is 0 Å². The van der Waals surface area contributed by atoms with Crippen LogP contribution >= 0.6 is 0 Å². The second kappa shape index (κ2) is 12.5. The Kier molecular flexibility index (Phi) is 8.35. The molecule has 4 amide bonds. The number of imide groups is 1. The van der Waals surface area contributed by atoms with Crippen LogP contribution < -0.4 is 19.7 Å². The van der Waals surface area contributed by atoms with Crippen molar-refractivity contribution in [2.24, 2.45) is 0 Å². The van der Waals surface area contributed by atoms with Crippen molar-refractivity contribution < 1.29 is 46.9 Å². The van der Waals surface area contributed by atoms with Gasteiger partial charge in [0.2, 0.25) is 11.8 Å². The topological polar surface area (TPSA) is 124 Å². The van der Waals surface area contributed by atoms with Crippen LogP contribution in [0.15, 0.2) is 54.6 Å². The Hall–Kier alpha value is -5.04. The largest absolute Gasteiger partial charge is 0.487 e. The SMILES string of the molecule is COC(=O)N(c1ccc(Oc2ccc(F)cc2F)cc1)c1ccc2c(c1OC1CCOCC1)C(=O)N(C1CCC(=O)NC1=O)C2. The number of carbonyl (C=O) groups is 4. The fourth-order valence-corrected chi connectivity index (χ4v) is 5.65. The third kappa shape index (κ3) is 6.03. The first-order valence-electron chi connectivity index (χ1n) is 14.4. The second-order valence-corrected chi connectivity index (χ2v) is 10.8. The highest BCUT2D eigenvalue weighted by molar-refractivity contribution is 6.09. The summed E-state index contributed by atoms with van der Waals surface area (Å²) in [5, 5.41) is 2.30. The van der Waals surface area contributed by atoms with Gasteiger partial charge < -0.3 is 23.8 Å². The highest BCUT2D eigenvalue weighted by Gasteiger charge is 2.42. The molecule has 2 saturated heterocycles. The number of anilines is 2. The number of fused-ring (bicyclic) bond motifs is 1. The normalized spacial score (nSPS) is 18.3. The quantitative estimate of drug-likeness (QED) is 0.367. The van der Waals surface area contributed by atoms with E-state index in [1.807, 2.05) is 0 Å². The van der Waals surface area contributed by atoms with Gasteiger partial charge in [0, 0.05) is 31.9 Å². The van der Waals surface area contributed by atoms with E-state index in [2.05, 4.69) is 5.32 Å². The van der Waals surface area contributed by atoms with Crippen LogP contribution in [0.1, 0.15) is 41.6 Å². The average molecular weight is 622 g/mol. The molecule has 0 spiro atoms. The molecular formula is C32H29F2N3O8. The number of carbonyl (C=O) groups excluding carboxylic acids is 4. The van der Waals surface area contributed by atoms with Crippen LogP contribution in [0, 0.1) is 11.6 Å². The number of methoxy groups -OCH3 is 1. The van der Waals surface area contributed by atoms with Crippen molar-refractivity contribution in [3.63, 3.8) is 0 Å². The number of benzene rings is 3. The zero-order valence-electron chi connectivity index (χ0n) is 24.2. The predicted molar refractivity (Wildman–Crippen MR) is 154 cm³/mol.